The van der Waals surface area contributed by atoms with Crippen LogP contribution in [0.2, 0.25) is 0 Å². The van der Waals surface area contributed by atoms with E-state index < -0.39 is 10.1 Å². The second-order valence-corrected chi connectivity index (χ2v) is 8.53. The van der Waals surface area contributed by atoms with Gasteiger partial charge in [0.15, 0.2) is 0 Å². The number of para-hydroxylation sites is 1. The molecule has 0 aliphatic rings. The van der Waals surface area contributed by atoms with Gasteiger partial charge in [0.2, 0.25) is 0 Å². The van der Waals surface area contributed by atoms with Crippen molar-refractivity contribution >= 4 is 10.1 Å². The van der Waals surface area contributed by atoms with Crippen molar-refractivity contribution < 1.29 is 69.1 Å². The van der Waals surface area contributed by atoms with E-state index in [-0.39, 0.29) is 56.3 Å². The topological polar surface area (TPSA) is 66.4 Å². The Labute approximate surface area is 218 Å². The Morgan fingerprint density at radius 1 is 0.793 bits per heavy atom. The monoisotopic (exact) mass is 442 g/mol. The quantitative estimate of drug-likeness (QED) is 0.271. The van der Waals surface area contributed by atoms with Crippen molar-refractivity contribution in [2.45, 2.75) is 76.0 Å². The molecule has 6 heteroatoms. The average molecular weight is 443 g/mol. The Hall–Kier alpha value is -0.214. The van der Waals surface area contributed by atoms with Crippen molar-refractivity contribution in [1.82, 2.24) is 0 Å². The number of hydrogen-bond acceptors (Lipinski definition) is 4. The van der Waals surface area contributed by atoms with Crippen molar-refractivity contribution in [3.8, 4) is 11.5 Å². The minimum absolute atomic E-state index is 0. The van der Waals surface area contributed by atoms with Crippen LogP contribution in [0.4, 0.5) is 0 Å². The molecule has 154 valence electrons. The molecule has 0 N–H and O–H groups in total. The molecule has 0 aliphatic carbocycles. The van der Waals surface area contributed by atoms with Crippen molar-refractivity contribution in [1.29, 1.82) is 0 Å². The van der Waals surface area contributed by atoms with Gasteiger partial charge in [-0.3, -0.25) is 0 Å². The molecule has 0 atom stereocenters. The third-order valence-corrected chi connectivity index (χ3v) is 5.78. The standard InChI is InChI=1S/C23H32O4S.K/c1-2-3-4-5-6-7-8-9-13-17-21-22(27-20-15-11-10-12-16-20)18-14-19-23(21)28(24,25)26;/h10-12,14-16,18-19H,2-9,13,17H2,1H3,(H,24,25,26);/q;+1/p-1. The fraction of sp³-hybridized carbons (Fsp3) is 0.478. The van der Waals surface area contributed by atoms with E-state index in [1.807, 2.05) is 18.2 Å². The first-order valence-corrected chi connectivity index (χ1v) is 11.7. The maximum atomic E-state index is 11.7. The van der Waals surface area contributed by atoms with E-state index in [1.54, 1.807) is 24.3 Å². The summed E-state index contributed by atoms with van der Waals surface area (Å²) in [6, 6.07) is 13.9. The van der Waals surface area contributed by atoms with Crippen LogP contribution in [-0.4, -0.2) is 13.0 Å². The first kappa shape index (κ1) is 26.8. The first-order chi connectivity index (χ1) is 13.5. The van der Waals surface area contributed by atoms with Gasteiger partial charge in [-0.15, -0.1) is 0 Å². The molecule has 0 aliphatic heterocycles. The zero-order chi connectivity index (χ0) is 20.2. The SMILES string of the molecule is CCCCCCCCCCCc1c(Oc2ccccc2)cccc1S(=O)(=O)[O-].[K+]. The molecule has 4 nitrogen and oxygen atoms in total. The van der Waals surface area contributed by atoms with Crippen LogP contribution in [-0.2, 0) is 16.5 Å². The summed E-state index contributed by atoms with van der Waals surface area (Å²) >= 11 is 0. The van der Waals surface area contributed by atoms with Crippen LogP contribution in [0.15, 0.2) is 53.4 Å². The van der Waals surface area contributed by atoms with Gasteiger partial charge in [-0.25, -0.2) is 8.42 Å². The molecular formula is C23H31KO4S. The van der Waals surface area contributed by atoms with E-state index in [0.29, 0.717) is 23.5 Å². The smallest absolute Gasteiger partial charge is 0.744 e. The molecule has 2 rings (SSSR count). The van der Waals surface area contributed by atoms with Gasteiger partial charge >= 0.3 is 51.4 Å². The molecule has 0 saturated heterocycles. The van der Waals surface area contributed by atoms with E-state index in [1.165, 1.54) is 44.6 Å². The minimum atomic E-state index is -4.54. The van der Waals surface area contributed by atoms with E-state index in [4.69, 9.17) is 4.74 Å². The first-order valence-electron chi connectivity index (χ1n) is 10.3. The maximum absolute atomic E-state index is 11.7. The van der Waals surface area contributed by atoms with Gasteiger partial charge in [-0.2, -0.15) is 0 Å². The third-order valence-electron chi connectivity index (χ3n) is 4.86. The maximum Gasteiger partial charge on any atom is 1.00 e. The third kappa shape index (κ3) is 10.1. The molecule has 2 aromatic rings. The van der Waals surface area contributed by atoms with E-state index in [9.17, 15) is 13.0 Å². The van der Waals surface area contributed by atoms with Gasteiger partial charge < -0.3 is 9.29 Å². The van der Waals surface area contributed by atoms with Crippen LogP contribution in [0, 0.1) is 0 Å². The number of rotatable bonds is 13. The van der Waals surface area contributed by atoms with Gasteiger partial charge in [0, 0.05) is 5.56 Å². The molecule has 0 bridgehead atoms. The van der Waals surface area contributed by atoms with Gasteiger partial charge in [0.05, 0.1) is 4.90 Å². The van der Waals surface area contributed by atoms with Crippen LogP contribution in [0.5, 0.6) is 11.5 Å². The Balaban J connectivity index is 0.00000420. The predicted molar refractivity (Wildman–Crippen MR) is 112 cm³/mol. The van der Waals surface area contributed by atoms with Gasteiger partial charge in [0.25, 0.3) is 0 Å². The Morgan fingerprint density at radius 2 is 1.38 bits per heavy atom. The summed E-state index contributed by atoms with van der Waals surface area (Å²) in [5.41, 5.74) is 0.490. The second-order valence-electron chi connectivity index (χ2n) is 7.18. The molecular weight excluding hydrogens is 411 g/mol. The van der Waals surface area contributed by atoms with Crippen molar-refractivity contribution in [2.75, 3.05) is 0 Å². The summed E-state index contributed by atoms with van der Waals surface area (Å²) in [5.74, 6) is 1.07. The Kier molecular flexibility index (Phi) is 13.6. The molecule has 0 fully saturated rings. The molecule has 0 radical (unpaired) electrons. The molecule has 0 aromatic heterocycles. The van der Waals surface area contributed by atoms with Crippen molar-refractivity contribution in [3.63, 3.8) is 0 Å². The van der Waals surface area contributed by atoms with E-state index >= 15 is 0 Å². The zero-order valence-electron chi connectivity index (χ0n) is 17.7. The second kappa shape index (κ2) is 14.7. The summed E-state index contributed by atoms with van der Waals surface area (Å²) in [6.07, 6.45) is 11.2. The normalized spacial score (nSPS) is 11.1. The van der Waals surface area contributed by atoms with Crippen LogP contribution in [0.3, 0.4) is 0 Å². The largest absolute Gasteiger partial charge is 1.00 e. The number of benzene rings is 2. The van der Waals surface area contributed by atoms with Gasteiger partial charge in [-0.05, 0) is 37.1 Å². The van der Waals surface area contributed by atoms with Crippen LogP contribution in [0.25, 0.3) is 0 Å². The van der Waals surface area contributed by atoms with E-state index in [0.717, 1.165) is 19.3 Å². The van der Waals surface area contributed by atoms with Crippen LogP contribution < -0.4 is 56.1 Å². The fourth-order valence-electron chi connectivity index (χ4n) is 3.35. The summed E-state index contributed by atoms with van der Waals surface area (Å²) in [4.78, 5) is -0.166. The number of hydrogen-bond donors (Lipinski definition) is 0. The summed E-state index contributed by atoms with van der Waals surface area (Å²) in [6.45, 7) is 2.22. The average Bonchev–Trinajstić information content (AvgIpc) is 2.67. The number of unbranched alkanes of at least 4 members (excludes halogenated alkanes) is 8. The van der Waals surface area contributed by atoms with Crippen molar-refractivity contribution in [2.24, 2.45) is 0 Å². The van der Waals surface area contributed by atoms with Crippen molar-refractivity contribution in [3.05, 3.63) is 54.1 Å². The molecule has 0 saturated carbocycles. The fourth-order valence-corrected chi connectivity index (χ4v) is 4.10. The summed E-state index contributed by atoms with van der Waals surface area (Å²) in [7, 11) is -4.54. The summed E-state index contributed by atoms with van der Waals surface area (Å²) < 4.78 is 41.0. The predicted octanol–water partition coefficient (Wildman–Crippen LogP) is 3.46. The Morgan fingerprint density at radius 3 is 1.97 bits per heavy atom. The molecule has 2 aromatic carbocycles. The van der Waals surface area contributed by atoms with Crippen LogP contribution >= 0.6 is 0 Å². The van der Waals surface area contributed by atoms with Gasteiger partial charge in [0.1, 0.15) is 21.6 Å². The van der Waals surface area contributed by atoms with Crippen LogP contribution in [0.1, 0.15) is 70.3 Å². The minimum Gasteiger partial charge on any atom is -0.744 e. The molecule has 0 amide bonds. The summed E-state index contributed by atoms with van der Waals surface area (Å²) in [5, 5.41) is 0. The Bertz CT molecular complexity index is 807. The van der Waals surface area contributed by atoms with E-state index in [2.05, 4.69) is 6.92 Å². The molecule has 0 spiro atoms. The molecule has 29 heavy (non-hydrogen) atoms. The molecule has 0 heterocycles. The number of ether oxygens (including phenoxy) is 1. The molecule has 0 unspecified atom stereocenters. The van der Waals surface area contributed by atoms with Gasteiger partial charge in [-0.1, -0.05) is 82.6 Å². The zero-order valence-corrected chi connectivity index (χ0v) is 21.7.